The lowest BCUT2D eigenvalue weighted by molar-refractivity contribution is 0.157. The average molecular weight is 380 g/mol. The quantitative estimate of drug-likeness (QED) is 0.694. The van der Waals surface area contributed by atoms with Crippen molar-refractivity contribution in [2.24, 2.45) is 0 Å². The van der Waals surface area contributed by atoms with E-state index in [4.69, 9.17) is 9.47 Å². The molecule has 3 rings (SSSR count). The zero-order chi connectivity index (χ0) is 20.7. The molecule has 0 bridgehead atoms. The average Bonchev–Trinajstić information content (AvgIpc) is 2.60. The molecule has 0 aromatic heterocycles. The molecule has 1 aliphatic carbocycles. The smallest absolute Gasteiger partial charge is 0.143 e. The second-order valence-corrected chi connectivity index (χ2v) is 8.05. The van der Waals surface area contributed by atoms with Gasteiger partial charge < -0.3 is 19.7 Å². The fourth-order valence-electron chi connectivity index (χ4n) is 3.37. The number of aromatic hydroxyl groups is 2. The van der Waals surface area contributed by atoms with Gasteiger partial charge in [0.05, 0.1) is 0 Å². The molecular weight excluding hydrogens is 352 g/mol. The van der Waals surface area contributed by atoms with Gasteiger partial charge in [0.25, 0.3) is 0 Å². The molecule has 0 spiro atoms. The van der Waals surface area contributed by atoms with Crippen molar-refractivity contribution in [1.82, 2.24) is 0 Å². The summed E-state index contributed by atoms with van der Waals surface area (Å²) in [4.78, 5) is 0. The first kappa shape index (κ1) is 19.9. The summed E-state index contributed by atoms with van der Waals surface area (Å²) in [6, 6.07) is 7.34. The van der Waals surface area contributed by atoms with Crippen LogP contribution < -0.4 is 9.47 Å². The van der Waals surface area contributed by atoms with E-state index in [1.807, 2.05) is 90.1 Å². The van der Waals surface area contributed by atoms with E-state index in [1.54, 1.807) is 0 Å². The van der Waals surface area contributed by atoms with E-state index in [-0.39, 0.29) is 0 Å². The van der Waals surface area contributed by atoms with Crippen LogP contribution in [0.5, 0.6) is 23.0 Å². The minimum Gasteiger partial charge on any atom is -0.507 e. The highest BCUT2D eigenvalue weighted by molar-refractivity contribution is 5.47. The maximum atomic E-state index is 9.95. The minimum atomic E-state index is -0.612. The van der Waals surface area contributed by atoms with Crippen molar-refractivity contribution in [3.63, 3.8) is 0 Å². The van der Waals surface area contributed by atoms with Gasteiger partial charge in [-0.1, -0.05) is 0 Å². The van der Waals surface area contributed by atoms with Crippen molar-refractivity contribution in [1.29, 1.82) is 0 Å². The second kappa shape index (κ2) is 6.93. The number of ether oxygens (including phenoxy) is 2. The molecule has 0 atom stereocenters. The van der Waals surface area contributed by atoms with E-state index >= 15 is 0 Å². The van der Waals surface area contributed by atoms with Gasteiger partial charge in [-0.05, 0) is 112 Å². The highest BCUT2D eigenvalue weighted by Crippen LogP contribution is 2.34. The van der Waals surface area contributed by atoms with Crippen LogP contribution in [0.15, 0.2) is 48.6 Å². The number of phenols is 2. The van der Waals surface area contributed by atoms with E-state index in [0.29, 0.717) is 23.0 Å². The van der Waals surface area contributed by atoms with Crippen LogP contribution in [0.2, 0.25) is 0 Å². The molecule has 0 unspecified atom stereocenters. The van der Waals surface area contributed by atoms with Crippen molar-refractivity contribution < 1.29 is 19.7 Å². The summed E-state index contributed by atoms with van der Waals surface area (Å²) >= 11 is 0. The summed E-state index contributed by atoms with van der Waals surface area (Å²) in [5, 5.41) is 19.9. The molecule has 2 N–H and O–H groups in total. The molecule has 28 heavy (non-hydrogen) atoms. The summed E-state index contributed by atoms with van der Waals surface area (Å²) in [5.41, 5.74) is 1.92. The molecule has 0 saturated carbocycles. The van der Waals surface area contributed by atoms with Gasteiger partial charge in [0, 0.05) is 0 Å². The number of aryl methyl sites for hydroxylation is 4. The molecule has 4 nitrogen and oxygen atoms in total. The normalized spacial score (nSPS) is 23.6. The lowest BCUT2D eigenvalue weighted by Gasteiger charge is -2.33. The molecule has 0 heterocycles. The standard InChI is InChI=1S/C24H28O4/c1-15-11-19(12-16(2)21(15)25)27-23(5)7-9-24(6,10-8-23)28-20-13-17(3)22(26)18(4)14-20/h7-14,25-26H,1-6H3. The van der Waals surface area contributed by atoms with Crippen LogP contribution in [0.25, 0.3) is 0 Å². The maximum absolute atomic E-state index is 9.95. The van der Waals surface area contributed by atoms with E-state index in [2.05, 4.69) is 0 Å². The highest BCUT2D eigenvalue weighted by atomic mass is 16.5. The molecule has 0 fully saturated rings. The molecule has 148 valence electrons. The molecule has 0 aliphatic heterocycles. The molecule has 4 heteroatoms. The van der Waals surface area contributed by atoms with Crippen molar-refractivity contribution in [2.75, 3.05) is 0 Å². The Morgan fingerprint density at radius 2 is 0.821 bits per heavy atom. The minimum absolute atomic E-state index is 0.299. The van der Waals surface area contributed by atoms with Crippen LogP contribution in [0.3, 0.4) is 0 Å². The first-order valence-corrected chi connectivity index (χ1v) is 9.39. The van der Waals surface area contributed by atoms with E-state index in [0.717, 1.165) is 22.3 Å². The van der Waals surface area contributed by atoms with Crippen LogP contribution in [-0.4, -0.2) is 21.4 Å². The Kier molecular flexibility index (Phi) is 4.92. The van der Waals surface area contributed by atoms with Crippen molar-refractivity contribution >= 4 is 0 Å². The summed E-state index contributed by atoms with van der Waals surface area (Å²) in [5.74, 6) is 2.01. The molecule has 1 aliphatic rings. The fraction of sp³-hybridized carbons (Fsp3) is 0.333. The zero-order valence-electron chi connectivity index (χ0n) is 17.3. The third-order valence-corrected chi connectivity index (χ3v) is 5.10. The largest absolute Gasteiger partial charge is 0.507 e. The van der Waals surface area contributed by atoms with Gasteiger partial charge in [-0.15, -0.1) is 0 Å². The Hall–Kier alpha value is -2.88. The topological polar surface area (TPSA) is 58.9 Å². The third-order valence-electron chi connectivity index (χ3n) is 5.10. The first-order chi connectivity index (χ1) is 13.0. The van der Waals surface area contributed by atoms with E-state index in [1.165, 1.54) is 0 Å². The van der Waals surface area contributed by atoms with E-state index in [9.17, 15) is 10.2 Å². The number of hydrogen-bond acceptors (Lipinski definition) is 4. The Morgan fingerprint density at radius 3 is 1.07 bits per heavy atom. The molecule has 2 aromatic rings. The van der Waals surface area contributed by atoms with Gasteiger partial charge in [-0.2, -0.15) is 0 Å². The predicted octanol–water partition coefficient (Wildman–Crippen LogP) is 5.43. The van der Waals surface area contributed by atoms with Gasteiger partial charge in [-0.25, -0.2) is 0 Å². The fourth-order valence-corrected chi connectivity index (χ4v) is 3.37. The summed E-state index contributed by atoms with van der Waals surface area (Å²) in [6.45, 7) is 11.4. The number of hydrogen-bond donors (Lipinski definition) is 2. The van der Waals surface area contributed by atoms with Crippen molar-refractivity contribution in [2.45, 2.75) is 52.7 Å². The lowest BCUT2D eigenvalue weighted by atomic mass is 9.91. The summed E-state index contributed by atoms with van der Waals surface area (Å²) in [6.07, 6.45) is 7.91. The van der Waals surface area contributed by atoms with Crippen LogP contribution in [0.4, 0.5) is 0 Å². The Labute approximate surface area is 166 Å². The van der Waals surface area contributed by atoms with Gasteiger partial charge >= 0.3 is 0 Å². The second-order valence-electron chi connectivity index (χ2n) is 8.05. The zero-order valence-corrected chi connectivity index (χ0v) is 17.3. The van der Waals surface area contributed by atoms with Crippen LogP contribution in [-0.2, 0) is 0 Å². The molecular formula is C24H28O4. The van der Waals surface area contributed by atoms with Gasteiger partial charge in [0.1, 0.15) is 34.2 Å². The van der Waals surface area contributed by atoms with Crippen LogP contribution in [0.1, 0.15) is 36.1 Å². The first-order valence-electron chi connectivity index (χ1n) is 9.39. The number of rotatable bonds is 4. The van der Waals surface area contributed by atoms with Crippen LogP contribution in [0, 0.1) is 27.7 Å². The molecule has 0 radical (unpaired) electrons. The SMILES string of the molecule is Cc1cc(OC2(C)C=CC(C)(Oc3cc(C)c(O)c(C)c3)C=C2)cc(C)c1O. The molecule has 0 amide bonds. The summed E-state index contributed by atoms with van der Waals surface area (Å²) in [7, 11) is 0. The van der Waals surface area contributed by atoms with Crippen molar-refractivity contribution in [3.8, 4) is 23.0 Å². The van der Waals surface area contributed by atoms with Gasteiger partial charge in [-0.3, -0.25) is 0 Å². The molecule has 0 saturated heterocycles. The van der Waals surface area contributed by atoms with Gasteiger partial charge in [0.15, 0.2) is 0 Å². The van der Waals surface area contributed by atoms with E-state index < -0.39 is 11.2 Å². The lowest BCUT2D eigenvalue weighted by Crippen LogP contribution is -2.37. The monoisotopic (exact) mass is 380 g/mol. The van der Waals surface area contributed by atoms with Crippen LogP contribution >= 0.6 is 0 Å². The number of phenolic OH excluding ortho intramolecular Hbond substituents is 2. The maximum Gasteiger partial charge on any atom is 0.143 e. The van der Waals surface area contributed by atoms with Gasteiger partial charge in [0.2, 0.25) is 0 Å². The number of benzene rings is 2. The highest BCUT2D eigenvalue weighted by Gasteiger charge is 2.31. The summed E-state index contributed by atoms with van der Waals surface area (Å²) < 4.78 is 12.4. The Balaban J connectivity index is 1.78. The Morgan fingerprint density at radius 1 is 0.571 bits per heavy atom. The Bertz CT molecular complexity index is 831. The molecule has 2 aromatic carbocycles. The third kappa shape index (κ3) is 4.01. The predicted molar refractivity (Wildman–Crippen MR) is 112 cm³/mol. The van der Waals surface area contributed by atoms with Crippen molar-refractivity contribution in [3.05, 3.63) is 70.8 Å².